The van der Waals surface area contributed by atoms with E-state index in [0.717, 1.165) is 23.0 Å². The topological polar surface area (TPSA) is 98.1 Å². The number of benzene rings is 1. The first kappa shape index (κ1) is 19.5. The van der Waals surface area contributed by atoms with Crippen LogP contribution in [0.4, 0.5) is 29.5 Å². The lowest BCUT2D eigenvalue weighted by Crippen LogP contribution is -2.21. The Bertz CT molecular complexity index is 809. The number of hydrogen-bond acceptors (Lipinski definition) is 5. The molecule has 8 nitrogen and oxygen atoms in total. The first-order chi connectivity index (χ1) is 12.2. The Morgan fingerprint density at radius 3 is 2.69 bits per heavy atom. The number of aromatic nitrogens is 3. The molecule has 0 radical (unpaired) electrons. The molecule has 12 heteroatoms. The molecular weight excluding hydrogens is 379 g/mol. The van der Waals surface area contributed by atoms with Crippen LogP contribution >= 0.6 is 11.6 Å². The van der Waals surface area contributed by atoms with Gasteiger partial charge in [0.15, 0.2) is 5.82 Å². The zero-order valence-corrected chi connectivity index (χ0v) is 14.1. The lowest BCUT2D eigenvalue weighted by molar-refractivity contribution is -0.137. The zero-order valence-electron chi connectivity index (χ0n) is 13.3. The maximum absolute atomic E-state index is 12.7. The number of carbonyl (C=O) groups excluding carboxylic acids is 2. The third kappa shape index (κ3) is 5.34. The molecular formula is C14H13ClF3N5O3. The molecule has 1 aromatic heterocycles. The van der Waals surface area contributed by atoms with E-state index in [9.17, 15) is 22.8 Å². The first-order valence-electron chi connectivity index (χ1n) is 7.19. The van der Waals surface area contributed by atoms with Gasteiger partial charge in [-0.3, -0.25) is 10.1 Å². The van der Waals surface area contributed by atoms with Crippen molar-refractivity contribution in [2.75, 3.05) is 17.2 Å². The molecule has 0 bridgehead atoms. The lowest BCUT2D eigenvalue weighted by atomic mass is 10.2. The van der Waals surface area contributed by atoms with Gasteiger partial charge in [0.05, 0.1) is 29.1 Å². The Morgan fingerprint density at radius 1 is 1.31 bits per heavy atom. The monoisotopic (exact) mass is 391 g/mol. The summed E-state index contributed by atoms with van der Waals surface area (Å²) in [6.07, 6.45) is -4.12. The summed E-state index contributed by atoms with van der Waals surface area (Å²) in [6.45, 7) is 1.39. The van der Waals surface area contributed by atoms with Crippen molar-refractivity contribution in [2.45, 2.75) is 19.6 Å². The largest absolute Gasteiger partial charge is 0.450 e. The number of rotatable bonds is 5. The van der Waals surface area contributed by atoms with Crippen LogP contribution in [0.2, 0.25) is 5.02 Å². The third-order valence-electron chi connectivity index (χ3n) is 2.89. The van der Waals surface area contributed by atoms with Gasteiger partial charge in [-0.2, -0.15) is 23.1 Å². The highest BCUT2D eigenvalue weighted by atomic mass is 35.5. The maximum atomic E-state index is 12.7. The molecule has 140 valence electrons. The second kappa shape index (κ2) is 8.04. The van der Waals surface area contributed by atoms with Gasteiger partial charge in [0.25, 0.3) is 0 Å². The average molecular weight is 392 g/mol. The number of anilines is 2. The SMILES string of the molecule is CCOC(=O)Nc1cnn(CC(=O)Nc2cc(C(F)(F)F)ccc2Cl)n1. The number of nitrogens with zero attached hydrogens (tertiary/aromatic N) is 3. The molecule has 2 N–H and O–H groups in total. The summed E-state index contributed by atoms with van der Waals surface area (Å²) in [5.41, 5.74) is -1.14. The van der Waals surface area contributed by atoms with E-state index in [-0.39, 0.29) is 23.1 Å². The summed E-state index contributed by atoms with van der Waals surface area (Å²) in [4.78, 5) is 24.1. The van der Waals surface area contributed by atoms with Gasteiger partial charge < -0.3 is 10.1 Å². The molecule has 0 saturated heterocycles. The van der Waals surface area contributed by atoms with Crippen LogP contribution in [0, 0.1) is 0 Å². The van der Waals surface area contributed by atoms with Gasteiger partial charge in [-0.1, -0.05) is 11.6 Å². The van der Waals surface area contributed by atoms with Crippen molar-refractivity contribution in [1.82, 2.24) is 15.0 Å². The molecule has 0 unspecified atom stereocenters. The van der Waals surface area contributed by atoms with Gasteiger partial charge in [-0.05, 0) is 25.1 Å². The van der Waals surface area contributed by atoms with Crippen molar-refractivity contribution in [2.24, 2.45) is 0 Å². The predicted molar refractivity (Wildman–Crippen MR) is 85.8 cm³/mol. The fourth-order valence-corrected chi connectivity index (χ4v) is 1.98. The van der Waals surface area contributed by atoms with Gasteiger partial charge in [0.1, 0.15) is 6.54 Å². The Morgan fingerprint density at radius 2 is 2.04 bits per heavy atom. The summed E-state index contributed by atoms with van der Waals surface area (Å²) in [5.74, 6) is -0.655. The van der Waals surface area contributed by atoms with E-state index in [2.05, 4.69) is 25.6 Å². The number of carbonyl (C=O) groups is 2. The third-order valence-corrected chi connectivity index (χ3v) is 3.22. The minimum atomic E-state index is -4.57. The number of alkyl halides is 3. The second-order valence-corrected chi connectivity index (χ2v) is 5.25. The number of hydrogen-bond donors (Lipinski definition) is 2. The van der Waals surface area contributed by atoms with E-state index in [1.165, 1.54) is 6.20 Å². The number of nitrogens with one attached hydrogen (secondary N) is 2. The maximum Gasteiger partial charge on any atom is 0.416 e. The molecule has 0 aliphatic carbocycles. The summed E-state index contributed by atoms with van der Waals surface area (Å²) in [6, 6.07) is 2.57. The standard InChI is InChI=1S/C14H13ClF3N5O3/c1-2-26-13(25)21-11-6-19-23(22-11)7-12(24)20-10-5-8(14(16,17)18)3-4-9(10)15/h3-6H,2,7H2,1H3,(H,20,24)(H,21,22,25). The fraction of sp³-hybridized carbons (Fsp3) is 0.286. The van der Waals surface area contributed by atoms with Gasteiger partial charge in [0.2, 0.25) is 5.91 Å². The summed E-state index contributed by atoms with van der Waals surface area (Å²) >= 11 is 5.80. The van der Waals surface area contributed by atoms with Crippen LogP contribution in [-0.4, -0.2) is 33.6 Å². The molecule has 0 fully saturated rings. The molecule has 2 rings (SSSR count). The number of amides is 2. The van der Waals surface area contributed by atoms with Crippen LogP contribution in [0.15, 0.2) is 24.4 Å². The second-order valence-electron chi connectivity index (χ2n) is 4.85. The summed E-state index contributed by atoms with van der Waals surface area (Å²) in [5, 5.41) is 12.1. The fourth-order valence-electron chi connectivity index (χ4n) is 1.82. The van der Waals surface area contributed by atoms with E-state index in [1.54, 1.807) is 6.92 Å². The van der Waals surface area contributed by atoms with E-state index < -0.39 is 30.3 Å². The Hall–Kier alpha value is -2.82. The van der Waals surface area contributed by atoms with Crippen LogP contribution in [0.1, 0.15) is 12.5 Å². The number of ether oxygens (including phenoxy) is 1. The Balaban J connectivity index is 2.01. The van der Waals surface area contributed by atoms with Crippen molar-refractivity contribution >= 4 is 35.1 Å². The van der Waals surface area contributed by atoms with Crippen LogP contribution < -0.4 is 10.6 Å². The number of halogens is 4. The highest BCUT2D eigenvalue weighted by molar-refractivity contribution is 6.33. The molecule has 0 aliphatic rings. The van der Waals surface area contributed by atoms with Crippen molar-refractivity contribution in [3.63, 3.8) is 0 Å². The molecule has 2 aromatic rings. The van der Waals surface area contributed by atoms with Gasteiger partial charge in [-0.25, -0.2) is 4.79 Å². The van der Waals surface area contributed by atoms with E-state index >= 15 is 0 Å². The normalized spacial score (nSPS) is 11.1. The molecule has 0 spiro atoms. The highest BCUT2D eigenvalue weighted by Crippen LogP contribution is 2.33. The molecule has 26 heavy (non-hydrogen) atoms. The molecule has 1 aromatic carbocycles. The van der Waals surface area contributed by atoms with Crippen LogP contribution in [0.5, 0.6) is 0 Å². The molecule has 0 aliphatic heterocycles. The summed E-state index contributed by atoms with van der Waals surface area (Å²) in [7, 11) is 0. The van der Waals surface area contributed by atoms with Crippen molar-refractivity contribution in [3.8, 4) is 0 Å². The van der Waals surface area contributed by atoms with E-state index in [0.29, 0.717) is 0 Å². The van der Waals surface area contributed by atoms with Crippen molar-refractivity contribution in [1.29, 1.82) is 0 Å². The first-order valence-corrected chi connectivity index (χ1v) is 7.57. The van der Waals surface area contributed by atoms with E-state index in [4.69, 9.17) is 11.6 Å². The van der Waals surface area contributed by atoms with Crippen LogP contribution in [0.25, 0.3) is 0 Å². The zero-order chi connectivity index (χ0) is 19.3. The Labute approximate surface area is 150 Å². The van der Waals surface area contributed by atoms with Crippen LogP contribution in [0.3, 0.4) is 0 Å². The highest BCUT2D eigenvalue weighted by Gasteiger charge is 2.31. The molecule has 0 saturated carbocycles. The van der Waals surface area contributed by atoms with E-state index in [1.807, 2.05) is 0 Å². The van der Waals surface area contributed by atoms with Crippen molar-refractivity contribution < 1.29 is 27.5 Å². The molecule has 2 amide bonds. The molecule has 0 atom stereocenters. The average Bonchev–Trinajstić information content (AvgIpc) is 2.95. The summed E-state index contributed by atoms with van der Waals surface area (Å²) < 4.78 is 42.8. The minimum absolute atomic E-state index is 0.0494. The predicted octanol–water partition coefficient (Wildman–Crippen LogP) is 3.16. The smallest absolute Gasteiger partial charge is 0.416 e. The van der Waals surface area contributed by atoms with Gasteiger partial charge in [-0.15, -0.1) is 5.10 Å². The Kier molecular flexibility index (Phi) is 6.03. The quantitative estimate of drug-likeness (QED) is 0.815. The minimum Gasteiger partial charge on any atom is -0.450 e. The van der Waals surface area contributed by atoms with Gasteiger partial charge in [0, 0.05) is 0 Å². The molecule has 1 heterocycles. The van der Waals surface area contributed by atoms with Crippen molar-refractivity contribution in [3.05, 3.63) is 35.0 Å². The lowest BCUT2D eigenvalue weighted by Gasteiger charge is -2.11. The van der Waals surface area contributed by atoms with Crippen LogP contribution in [-0.2, 0) is 22.3 Å². The van der Waals surface area contributed by atoms with Gasteiger partial charge >= 0.3 is 12.3 Å².